The Hall–Kier alpha value is -2.30. The Kier molecular flexibility index (Phi) is 14.2. The molecule has 182 valence electrons. The van der Waals surface area contributed by atoms with Crippen LogP contribution in [0.5, 0.6) is 0 Å². The highest BCUT2D eigenvalue weighted by atomic mass is 16.5. The van der Waals surface area contributed by atoms with Crippen molar-refractivity contribution in [3.63, 3.8) is 0 Å². The second-order valence-corrected chi connectivity index (χ2v) is 7.40. The number of aliphatic imine (C=N–C) groups is 3. The van der Waals surface area contributed by atoms with Crippen LogP contribution in [0.4, 0.5) is 0 Å². The van der Waals surface area contributed by atoms with Gasteiger partial charge in [0.05, 0.1) is 6.61 Å². The van der Waals surface area contributed by atoms with Gasteiger partial charge in [0.25, 0.3) is 0 Å². The summed E-state index contributed by atoms with van der Waals surface area (Å²) in [6, 6.07) is -0.235. The number of esters is 1. The van der Waals surface area contributed by atoms with Gasteiger partial charge in [-0.25, -0.2) is 9.98 Å². The van der Waals surface area contributed by atoms with E-state index in [0.717, 1.165) is 38.6 Å². The van der Waals surface area contributed by atoms with E-state index < -0.39 is 0 Å². The highest BCUT2D eigenvalue weighted by Gasteiger charge is 2.30. The number of nitrogens with zero attached hydrogens (tertiary/aromatic N) is 5. The summed E-state index contributed by atoms with van der Waals surface area (Å²) in [4.78, 5) is 28.8. The van der Waals surface area contributed by atoms with Crippen molar-refractivity contribution in [2.75, 3.05) is 53.4 Å². The molecule has 1 heterocycles. The lowest BCUT2D eigenvalue weighted by Crippen LogP contribution is -2.48. The number of unbranched alkanes of at least 4 members (excludes halogenated alkanes) is 1. The molecule has 2 N–H and O–H groups in total. The Morgan fingerprint density at radius 3 is 2.66 bits per heavy atom. The van der Waals surface area contributed by atoms with E-state index in [0.29, 0.717) is 37.8 Å². The van der Waals surface area contributed by atoms with Gasteiger partial charge >= 0.3 is 5.97 Å². The molecule has 1 fully saturated rings. The van der Waals surface area contributed by atoms with Crippen LogP contribution in [0.1, 0.15) is 46.0 Å². The van der Waals surface area contributed by atoms with Crippen molar-refractivity contribution < 1.29 is 19.0 Å². The quantitative estimate of drug-likeness (QED) is 0.125. The summed E-state index contributed by atoms with van der Waals surface area (Å²) in [7, 11) is 1.59. The van der Waals surface area contributed by atoms with Crippen LogP contribution in [-0.2, 0) is 19.0 Å². The number of hydrogen-bond donors (Lipinski definition) is 1. The van der Waals surface area contributed by atoms with Crippen LogP contribution in [0.25, 0.3) is 0 Å². The van der Waals surface area contributed by atoms with Gasteiger partial charge in [0.1, 0.15) is 25.2 Å². The predicted octanol–water partition coefficient (Wildman–Crippen LogP) is 2.01. The van der Waals surface area contributed by atoms with Gasteiger partial charge in [-0.3, -0.25) is 14.7 Å². The van der Waals surface area contributed by atoms with Crippen LogP contribution < -0.4 is 5.73 Å². The van der Waals surface area contributed by atoms with Crippen molar-refractivity contribution in [2.24, 2.45) is 20.7 Å². The van der Waals surface area contributed by atoms with Crippen LogP contribution >= 0.6 is 0 Å². The van der Waals surface area contributed by atoms with E-state index in [9.17, 15) is 4.79 Å². The van der Waals surface area contributed by atoms with Crippen molar-refractivity contribution in [3.05, 3.63) is 11.5 Å². The summed E-state index contributed by atoms with van der Waals surface area (Å²) in [5.41, 5.74) is 6.46. The number of ether oxygens (including phenoxy) is 3. The Bertz CT molecular complexity index is 652. The molecule has 1 saturated heterocycles. The summed E-state index contributed by atoms with van der Waals surface area (Å²) in [5.74, 6) is 0.416. The molecule has 0 spiro atoms. The summed E-state index contributed by atoms with van der Waals surface area (Å²) in [6.45, 7) is 14.6. The number of likely N-dealkylation sites (tertiary alicyclic amines) is 1. The average Bonchev–Trinajstić information content (AvgIpc) is 2.80. The van der Waals surface area contributed by atoms with Crippen molar-refractivity contribution in [3.8, 4) is 0 Å². The second kappa shape index (κ2) is 16.3. The van der Waals surface area contributed by atoms with Crippen molar-refractivity contribution in [2.45, 2.75) is 52.0 Å². The van der Waals surface area contributed by atoms with Crippen LogP contribution in [0.2, 0.25) is 0 Å². The molecule has 1 rings (SSSR count). The molecule has 0 saturated carbocycles. The van der Waals surface area contributed by atoms with E-state index in [4.69, 9.17) is 19.9 Å². The topological polar surface area (TPSA) is 114 Å². The van der Waals surface area contributed by atoms with Gasteiger partial charge < -0.3 is 24.8 Å². The third-order valence-electron chi connectivity index (χ3n) is 5.14. The van der Waals surface area contributed by atoms with E-state index >= 15 is 0 Å². The van der Waals surface area contributed by atoms with Crippen LogP contribution in [0, 0.1) is 0 Å². The molecule has 0 radical (unpaired) electrons. The van der Waals surface area contributed by atoms with Gasteiger partial charge in [-0.15, -0.1) is 0 Å². The van der Waals surface area contributed by atoms with Gasteiger partial charge in [0.2, 0.25) is 0 Å². The van der Waals surface area contributed by atoms with E-state index in [2.05, 4.69) is 40.2 Å². The third kappa shape index (κ3) is 9.05. The fourth-order valence-corrected chi connectivity index (χ4v) is 3.49. The number of nitrogens with two attached hydrogens (primary N) is 1. The van der Waals surface area contributed by atoms with Crippen LogP contribution in [0.15, 0.2) is 26.5 Å². The number of rotatable bonds is 16. The first-order chi connectivity index (χ1) is 15.5. The van der Waals surface area contributed by atoms with Gasteiger partial charge in [0.15, 0.2) is 11.7 Å². The lowest BCUT2D eigenvalue weighted by molar-refractivity contribution is -0.151. The SMILES string of the molecule is C=NC(=C(/N=C)N(CCN1CCCCC1C(=O)OCC)COC)/C(N)=N\COCCCC. The van der Waals surface area contributed by atoms with E-state index in [-0.39, 0.29) is 31.3 Å². The number of carbonyl (C=O) groups is 1. The molecule has 1 atom stereocenters. The molecule has 0 bridgehead atoms. The molecule has 0 aromatic carbocycles. The maximum atomic E-state index is 12.4. The number of carbonyl (C=O) groups excluding carboxylic acids is 1. The van der Waals surface area contributed by atoms with Gasteiger partial charge in [-0.2, -0.15) is 0 Å². The molecular weight excluding hydrogens is 412 g/mol. The Morgan fingerprint density at radius 2 is 2.03 bits per heavy atom. The average molecular weight is 453 g/mol. The fourth-order valence-electron chi connectivity index (χ4n) is 3.49. The zero-order valence-electron chi connectivity index (χ0n) is 19.9. The maximum absolute atomic E-state index is 12.4. The summed E-state index contributed by atoms with van der Waals surface area (Å²) in [5, 5.41) is 0. The Balaban J connectivity index is 2.96. The first-order valence-electron chi connectivity index (χ1n) is 11.2. The second-order valence-electron chi connectivity index (χ2n) is 7.40. The third-order valence-corrected chi connectivity index (χ3v) is 5.14. The molecule has 10 heteroatoms. The highest BCUT2D eigenvalue weighted by molar-refractivity contribution is 5.97. The van der Waals surface area contributed by atoms with Crippen LogP contribution in [0.3, 0.4) is 0 Å². The summed E-state index contributed by atoms with van der Waals surface area (Å²) < 4.78 is 16.1. The summed E-state index contributed by atoms with van der Waals surface area (Å²) in [6.07, 6.45) is 4.85. The smallest absolute Gasteiger partial charge is 0.323 e. The monoisotopic (exact) mass is 452 g/mol. The number of methoxy groups -OCH3 is 1. The van der Waals surface area contributed by atoms with E-state index in [1.54, 1.807) is 7.11 Å². The lowest BCUT2D eigenvalue weighted by Gasteiger charge is -2.35. The minimum absolute atomic E-state index is 0.133. The molecule has 0 aromatic rings. The molecule has 10 nitrogen and oxygen atoms in total. The molecule has 32 heavy (non-hydrogen) atoms. The number of piperidine rings is 1. The molecule has 0 aromatic heterocycles. The minimum Gasteiger partial charge on any atom is -0.465 e. The normalized spacial score (nSPS) is 18.1. The molecule has 0 aliphatic carbocycles. The minimum atomic E-state index is -0.235. The first-order valence-corrected chi connectivity index (χ1v) is 11.2. The zero-order chi connectivity index (χ0) is 23.8. The van der Waals surface area contributed by atoms with Gasteiger partial charge in [-0.05, 0) is 46.2 Å². The van der Waals surface area contributed by atoms with Crippen LogP contribution in [-0.4, -0.2) is 94.5 Å². The predicted molar refractivity (Wildman–Crippen MR) is 128 cm³/mol. The standard InChI is InChI=1S/C22H40N6O4/c1-6-8-15-31-16-26-20(23)19(24-3)21(25-4)28(17-30-5)14-13-27-12-10-9-11-18(27)22(29)32-7-2/h18H,3-4,6-17H2,1-2,5H3,(H2,23,26)/b21-19-. The molecule has 1 aliphatic heterocycles. The fraction of sp³-hybridized carbons (Fsp3) is 0.727. The molecular formula is C22H40N6O4. The van der Waals surface area contributed by atoms with E-state index in [1.165, 1.54) is 0 Å². The number of hydrogen-bond acceptors (Lipinski definition) is 9. The van der Waals surface area contributed by atoms with Crippen molar-refractivity contribution in [1.29, 1.82) is 0 Å². The first kappa shape index (κ1) is 27.7. The summed E-state index contributed by atoms with van der Waals surface area (Å²) >= 11 is 0. The Labute approximate surface area is 192 Å². The molecule has 1 aliphatic rings. The van der Waals surface area contributed by atoms with Crippen molar-refractivity contribution in [1.82, 2.24) is 9.80 Å². The van der Waals surface area contributed by atoms with E-state index in [1.807, 2.05) is 11.8 Å². The molecule has 0 amide bonds. The Morgan fingerprint density at radius 1 is 1.25 bits per heavy atom. The highest BCUT2D eigenvalue weighted by Crippen LogP contribution is 2.20. The molecule has 1 unspecified atom stereocenters. The zero-order valence-corrected chi connectivity index (χ0v) is 19.9. The lowest BCUT2D eigenvalue weighted by atomic mass is 10.0. The maximum Gasteiger partial charge on any atom is 0.323 e. The largest absolute Gasteiger partial charge is 0.465 e. The van der Waals surface area contributed by atoms with Gasteiger partial charge in [-0.1, -0.05) is 19.8 Å². The van der Waals surface area contributed by atoms with Gasteiger partial charge in [0, 0.05) is 26.8 Å². The number of amidine groups is 1. The van der Waals surface area contributed by atoms with Crippen molar-refractivity contribution >= 4 is 25.2 Å².